The minimum Gasteiger partial charge on any atom is -0.381 e. The number of hydrogen-bond acceptors (Lipinski definition) is 3. The molecular formula is C12H23NOS. The van der Waals surface area contributed by atoms with Crippen molar-refractivity contribution in [3.63, 3.8) is 0 Å². The van der Waals surface area contributed by atoms with Crippen LogP contribution in [-0.4, -0.2) is 37.3 Å². The molecule has 2 rings (SSSR count). The van der Waals surface area contributed by atoms with Gasteiger partial charge in [-0.2, -0.15) is 11.8 Å². The molecule has 1 N–H and O–H groups in total. The summed E-state index contributed by atoms with van der Waals surface area (Å²) >= 11 is 2.10. The maximum Gasteiger partial charge on any atom is 0.0652 e. The molecule has 3 atom stereocenters. The molecule has 1 aliphatic carbocycles. The van der Waals surface area contributed by atoms with Crippen LogP contribution in [0.1, 0.15) is 26.7 Å². The second-order valence-corrected chi connectivity index (χ2v) is 6.62. The zero-order valence-corrected chi connectivity index (χ0v) is 10.9. The Kier molecular flexibility index (Phi) is 3.63. The molecular weight excluding hydrogens is 206 g/mol. The van der Waals surface area contributed by atoms with Crippen molar-refractivity contribution in [1.29, 1.82) is 0 Å². The van der Waals surface area contributed by atoms with Crippen LogP contribution in [-0.2, 0) is 4.74 Å². The summed E-state index contributed by atoms with van der Waals surface area (Å²) in [6.07, 6.45) is 3.04. The van der Waals surface area contributed by atoms with Crippen LogP contribution in [0.15, 0.2) is 0 Å². The molecule has 1 heterocycles. The van der Waals surface area contributed by atoms with Gasteiger partial charge >= 0.3 is 0 Å². The lowest BCUT2D eigenvalue weighted by Gasteiger charge is -2.51. The lowest BCUT2D eigenvalue weighted by atomic mass is 9.64. The third-order valence-corrected chi connectivity index (χ3v) is 5.37. The quantitative estimate of drug-likeness (QED) is 0.798. The van der Waals surface area contributed by atoms with Crippen LogP contribution in [0.4, 0.5) is 0 Å². The van der Waals surface area contributed by atoms with E-state index in [2.05, 4.69) is 30.9 Å². The monoisotopic (exact) mass is 229 g/mol. The summed E-state index contributed by atoms with van der Waals surface area (Å²) < 4.78 is 5.46. The first kappa shape index (κ1) is 11.7. The van der Waals surface area contributed by atoms with Gasteiger partial charge in [-0.05, 0) is 36.8 Å². The third-order valence-electron chi connectivity index (χ3n) is 4.14. The van der Waals surface area contributed by atoms with E-state index in [0.717, 1.165) is 5.92 Å². The molecule has 1 aliphatic heterocycles. The second-order valence-electron chi connectivity index (χ2n) is 5.47. The number of methoxy groups -OCH3 is 1. The minimum atomic E-state index is 0.320. The number of nitrogens with one attached hydrogen (secondary N) is 1. The van der Waals surface area contributed by atoms with E-state index >= 15 is 0 Å². The Labute approximate surface area is 97.5 Å². The highest BCUT2D eigenvalue weighted by molar-refractivity contribution is 7.99. The van der Waals surface area contributed by atoms with Crippen molar-refractivity contribution in [2.75, 3.05) is 25.2 Å². The topological polar surface area (TPSA) is 21.3 Å². The van der Waals surface area contributed by atoms with Gasteiger partial charge in [-0.25, -0.2) is 0 Å². The van der Waals surface area contributed by atoms with Gasteiger partial charge in [-0.15, -0.1) is 0 Å². The Morgan fingerprint density at radius 2 is 2.27 bits per heavy atom. The van der Waals surface area contributed by atoms with Crippen LogP contribution in [0, 0.1) is 11.3 Å². The van der Waals surface area contributed by atoms with E-state index in [-0.39, 0.29) is 0 Å². The van der Waals surface area contributed by atoms with Crippen LogP contribution in [0.5, 0.6) is 0 Å². The van der Waals surface area contributed by atoms with Gasteiger partial charge in [0.25, 0.3) is 0 Å². The molecule has 15 heavy (non-hydrogen) atoms. The fraction of sp³-hybridized carbons (Fsp3) is 1.00. The van der Waals surface area contributed by atoms with Crippen LogP contribution in [0.25, 0.3) is 0 Å². The van der Waals surface area contributed by atoms with Gasteiger partial charge in [-0.3, -0.25) is 0 Å². The highest BCUT2D eigenvalue weighted by Gasteiger charge is 2.48. The molecule has 0 radical (unpaired) electrons. The van der Waals surface area contributed by atoms with Crippen molar-refractivity contribution in [3.05, 3.63) is 0 Å². The van der Waals surface area contributed by atoms with Crippen LogP contribution in [0.3, 0.4) is 0 Å². The standard InChI is InChI=1S/C12H23NOS/c1-12(2)10(6-11(12)14-3)13-7-9-4-5-15-8-9/h9-11,13H,4-8H2,1-3H3. The first-order valence-electron chi connectivity index (χ1n) is 5.98. The minimum absolute atomic E-state index is 0.320. The fourth-order valence-corrected chi connectivity index (χ4v) is 3.97. The molecule has 0 spiro atoms. The molecule has 2 nitrogen and oxygen atoms in total. The van der Waals surface area contributed by atoms with Crippen molar-refractivity contribution >= 4 is 11.8 Å². The molecule has 3 heteroatoms. The largest absolute Gasteiger partial charge is 0.381 e. The molecule has 0 aromatic heterocycles. The summed E-state index contributed by atoms with van der Waals surface area (Å²) in [5.74, 6) is 3.63. The molecule has 1 saturated heterocycles. The molecule has 0 aromatic carbocycles. The smallest absolute Gasteiger partial charge is 0.0652 e. The average molecular weight is 229 g/mol. The van der Waals surface area contributed by atoms with Crippen molar-refractivity contribution in [3.8, 4) is 0 Å². The van der Waals surface area contributed by atoms with E-state index in [1.54, 1.807) is 0 Å². The van der Waals surface area contributed by atoms with E-state index in [1.165, 1.54) is 30.9 Å². The Bertz CT molecular complexity index is 214. The highest BCUT2D eigenvalue weighted by atomic mass is 32.2. The molecule has 2 aliphatic rings. The predicted octanol–water partition coefficient (Wildman–Crippen LogP) is 2.14. The Hall–Kier alpha value is 0.270. The Morgan fingerprint density at radius 1 is 1.47 bits per heavy atom. The summed E-state index contributed by atoms with van der Waals surface area (Å²) in [6, 6.07) is 0.660. The van der Waals surface area contributed by atoms with E-state index in [9.17, 15) is 0 Å². The van der Waals surface area contributed by atoms with Gasteiger partial charge in [0, 0.05) is 18.6 Å². The van der Waals surface area contributed by atoms with Gasteiger partial charge in [0.2, 0.25) is 0 Å². The Morgan fingerprint density at radius 3 is 2.80 bits per heavy atom. The maximum atomic E-state index is 5.46. The zero-order chi connectivity index (χ0) is 10.9. The molecule has 0 aromatic rings. The number of ether oxygens (including phenoxy) is 1. The molecule has 3 unspecified atom stereocenters. The van der Waals surface area contributed by atoms with E-state index in [4.69, 9.17) is 4.74 Å². The van der Waals surface area contributed by atoms with Crippen molar-refractivity contribution < 1.29 is 4.74 Å². The SMILES string of the molecule is COC1CC(NCC2CCSC2)C1(C)C. The molecule has 2 fully saturated rings. The summed E-state index contributed by atoms with van der Waals surface area (Å²) in [5, 5.41) is 3.72. The summed E-state index contributed by atoms with van der Waals surface area (Å²) in [4.78, 5) is 0. The lowest BCUT2D eigenvalue weighted by Crippen LogP contribution is -2.61. The number of hydrogen-bond donors (Lipinski definition) is 1. The first-order chi connectivity index (χ1) is 7.14. The summed E-state index contributed by atoms with van der Waals surface area (Å²) in [7, 11) is 1.83. The number of thioether (sulfide) groups is 1. The zero-order valence-electron chi connectivity index (χ0n) is 10.1. The van der Waals surface area contributed by atoms with E-state index < -0.39 is 0 Å². The van der Waals surface area contributed by atoms with Crippen LogP contribution in [0.2, 0.25) is 0 Å². The first-order valence-corrected chi connectivity index (χ1v) is 7.14. The lowest BCUT2D eigenvalue weighted by molar-refractivity contribution is -0.0978. The van der Waals surface area contributed by atoms with Gasteiger partial charge < -0.3 is 10.1 Å². The predicted molar refractivity (Wildman–Crippen MR) is 66.4 cm³/mol. The van der Waals surface area contributed by atoms with E-state index in [0.29, 0.717) is 17.6 Å². The molecule has 88 valence electrons. The third kappa shape index (κ3) is 2.34. The maximum absolute atomic E-state index is 5.46. The van der Waals surface area contributed by atoms with Gasteiger partial charge in [-0.1, -0.05) is 13.8 Å². The Balaban J connectivity index is 1.72. The van der Waals surface area contributed by atoms with E-state index in [1.807, 2.05) is 7.11 Å². The van der Waals surface area contributed by atoms with Crippen molar-refractivity contribution in [2.45, 2.75) is 38.8 Å². The van der Waals surface area contributed by atoms with Crippen molar-refractivity contribution in [2.24, 2.45) is 11.3 Å². The molecule has 0 bridgehead atoms. The average Bonchev–Trinajstić information content (AvgIpc) is 2.69. The van der Waals surface area contributed by atoms with Gasteiger partial charge in [0.1, 0.15) is 0 Å². The van der Waals surface area contributed by atoms with Crippen LogP contribution >= 0.6 is 11.8 Å². The molecule has 0 amide bonds. The summed E-state index contributed by atoms with van der Waals surface area (Å²) in [5.41, 5.74) is 0.320. The van der Waals surface area contributed by atoms with Gasteiger partial charge in [0.15, 0.2) is 0 Å². The van der Waals surface area contributed by atoms with Crippen molar-refractivity contribution in [1.82, 2.24) is 5.32 Å². The summed E-state index contributed by atoms with van der Waals surface area (Å²) in [6.45, 7) is 5.83. The fourth-order valence-electron chi connectivity index (χ4n) is 2.69. The normalized spacial score (nSPS) is 39.0. The number of rotatable bonds is 4. The van der Waals surface area contributed by atoms with Crippen LogP contribution < -0.4 is 5.32 Å². The second kappa shape index (κ2) is 4.64. The van der Waals surface area contributed by atoms with Gasteiger partial charge in [0.05, 0.1) is 6.10 Å². The highest BCUT2D eigenvalue weighted by Crippen LogP contribution is 2.42. The molecule has 1 saturated carbocycles.